The van der Waals surface area contributed by atoms with Gasteiger partial charge in [-0.05, 0) is 43.5 Å². The fourth-order valence-corrected chi connectivity index (χ4v) is 2.81. The van der Waals surface area contributed by atoms with Gasteiger partial charge in [-0.3, -0.25) is 9.78 Å². The van der Waals surface area contributed by atoms with Gasteiger partial charge in [0.05, 0.1) is 30.2 Å². The maximum absolute atomic E-state index is 12.5. The van der Waals surface area contributed by atoms with Gasteiger partial charge in [-0.1, -0.05) is 6.07 Å². The number of carbonyl (C=O) groups is 1. The van der Waals surface area contributed by atoms with E-state index in [1.807, 2.05) is 25.1 Å². The largest absolute Gasteiger partial charge is 0.495 e. The number of benzene rings is 1. The summed E-state index contributed by atoms with van der Waals surface area (Å²) in [7, 11) is 1.58. The molecule has 1 atom stereocenters. The summed E-state index contributed by atoms with van der Waals surface area (Å²) in [5.74, 6) is 0.400. The molecular formula is C19H23N3O3. The first kappa shape index (κ1) is 17.2. The van der Waals surface area contributed by atoms with Gasteiger partial charge in [0.2, 0.25) is 0 Å². The number of anilines is 2. The number of aromatic nitrogens is 1. The number of amides is 1. The van der Waals surface area contributed by atoms with Crippen molar-refractivity contribution in [3.8, 4) is 5.75 Å². The topological polar surface area (TPSA) is 72.5 Å². The van der Waals surface area contributed by atoms with Crippen LogP contribution < -0.4 is 15.4 Å². The molecule has 1 amide bonds. The third-order valence-electron chi connectivity index (χ3n) is 4.16. The number of nitrogens with zero attached hydrogens (tertiary/aromatic N) is 1. The second kappa shape index (κ2) is 7.98. The Morgan fingerprint density at radius 2 is 2.24 bits per heavy atom. The van der Waals surface area contributed by atoms with E-state index < -0.39 is 0 Å². The highest BCUT2D eigenvalue weighted by Crippen LogP contribution is 2.26. The monoisotopic (exact) mass is 341 g/mol. The van der Waals surface area contributed by atoms with Gasteiger partial charge in [-0.15, -0.1) is 0 Å². The maximum Gasteiger partial charge on any atom is 0.257 e. The zero-order valence-corrected chi connectivity index (χ0v) is 14.5. The van der Waals surface area contributed by atoms with Gasteiger partial charge >= 0.3 is 0 Å². The Labute approximate surface area is 147 Å². The van der Waals surface area contributed by atoms with Crippen LogP contribution >= 0.6 is 0 Å². The van der Waals surface area contributed by atoms with Crippen LogP contribution in [0.2, 0.25) is 0 Å². The number of rotatable bonds is 6. The van der Waals surface area contributed by atoms with Crippen LogP contribution in [-0.2, 0) is 4.74 Å². The molecule has 0 bridgehead atoms. The van der Waals surface area contributed by atoms with Crippen molar-refractivity contribution in [1.82, 2.24) is 4.98 Å². The predicted molar refractivity (Wildman–Crippen MR) is 97.4 cm³/mol. The van der Waals surface area contributed by atoms with Gasteiger partial charge in [0.1, 0.15) is 5.75 Å². The fraction of sp³-hybridized carbons (Fsp3) is 0.368. The van der Waals surface area contributed by atoms with Crippen LogP contribution in [0.3, 0.4) is 0 Å². The number of aryl methyl sites for hydroxylation is 1. The van der Waals surface area contributed by atoms with E-state index in [9.17, 15) is 4.79 Å². The van der Waals surface area contributed by atoms with E-state index in [0.29, 0.717) is 17.0 Å². The second-order valence-electron chi connectivity index (χ2n) is 6.14. The molecule has 3 rings (SSSR count). The van der Waals surface area contributed by atoms with E-state index in [1.54, 1.807) is 25.6 Å². The highest BCUT2D eigenvalue weighted by atomic mass is 16.5. The summed E-state index contributed by atoms with van der Waals surface area (Å²) in [6.07, 6.45) is 5.65. The van der Waals surface area contributed by atoms with E-state index in [-0.39, 0.29) is 12.0 Å². The Morgan fingerprint density at radius 3 is 3.00 bits per heavy atom. The Bertz CT molecular complexity index is 742. The molecule has 6 nitrogen and oxygen atoms in total. The Kier molecular flexibility index (Phi) is 5.50. The second-order valence-corrected chi connectivity index (χ2v) is 6.14. The van der Waals surface area contributed by atoms with Gasteiger partial charge in [0.25, 0.3) is 5.91 Å². The normalized spacial score (nSPS) is 16.5. The number of pyridine rings is 1. The van der Waals surface area contributed by atoms with Crippen LogP contribution in [0.5, 0.6) is 5.75 Å². The van der Waals surface area contributed by atoms with Crippen LogP contribution in [0.15, 0.2) is 36.7 Å². The Balaban J connectivity index is 1.67. The first-order valence-corrected chi connectivity index (χ1v) is 8.42. The molecule has 25 heavy (non-hydrogen) atoms. The number of hydrogen-bond donors (Lipinski definition) is 2. The lowest BCUT2D eigenvalue weighted by molar-refractivity contribution is 0.102. The van der Waals surface area contributed by atoms with Crippen LogP contribution in [0, 0.1) is 6.92 Å². The van der Waals surface area contributed by atoms with Crippen LogP contribution in [0.4, 0.5) is 11.4 Å². The molecule has 1 fully saturated rings. The zero-order chi connectivity index (χ0) is 17.6. The van der Waals surface area contributed by atoms with Crippen molar-refractivity contribution in [1.29, 1.82) is 0 Å². The van der Waals surface area contributed by atoms with Crippen molar-refractivity contribution in [2.75, 3.05) is 30.9 Å². The molecular weight excluding hydrogens is 318 g/mol. The average molecular weight is 341 g/mol. The molecule has 1 aliphatic heterocycles. The minimum absolute atomic E-state index is 0.225. The van der Waals surface area contributed by atoms with Crippen LogP contribution in [-0.4, -0.2) is 37.3 Å². The quantitative estimate of drug-likeness (QED) is 0.844. The first-order valence-electron chi connectivity index (χ1n) is 8.42. The molecule has 1 aliphatic rings. The SMILES string of the molecule is COc1ccc(C)cc1NC(=O)c1cncc(NCC2CCCO2)c1. The number of methoxy groups -OCH3 is 1. The molecule has 2 N–H and O–H groups in total. The summed E-state index contributed by atoms with van der Waals surface area (Å²) in [6.45, 7) is 3.51. The van der Waals surface area contributed by atoms with Crippen molar-refractivity contribution in [3.05, 3.63) is 47.8 Å². The van der Waals surface area contributed by atoms with E-state index >= 15 is 0 Å². The summed E-state index contributed by atoms with van der Waals surface area (Å²) in [5.41, 5.74) is 2.98. The lowest BCUT2D eigenvalue weighted by Gasteiger charge is -2.13. The van der Waals surface area contributed by atoms with Gasteiger partial charge in [-0.25, -0.2) is 0 Å². The number of carbonyl (C=O) groups excluding carboxylic acids is 1. The molecule has 6 heteroatoms. The summed E-state index contributed by atoms with van der Waals surface area (Å²) in [5, 5.41) is 6.17. The molecule has 0 aliphatic carbocycles. The summed E-state index contributed by atoms with van der Waals surface area (Å²) >= 11 is 0. The van der Waals surface area contributed by atoms with E-state index in [2.05, 4.69) is 15.6 Å². The average Bonchev–Trinajstić information content (AvgIpc) is 3.14. The lowest BCUT2D eigenvalue weighted by Crippen LogP contribution is -2.19. The minimum atomic E-state index is -0.225. The molecule has 132 valence electrons. The smallest absolute Gasteiger partial charge is 0.257 e. The standard InChI is InChI=1S/C19H23N3O3/c1-13-5-6-18(24-2)17(8-13)22-19(23)14-9-15(11-20-10-14)21-12-16-4-3-7-25-16/h5-6,8-11,16,21H,3-4,7,12H2,1-2H3,(H,22,23). The third kappa shape index (κ3) is 4.48. The van der Waals surface area contributed by atoms with Crippen molar-refractivity contribution in [3.63, 3.8) is 0 Å². The molecule has 1 aromatic carbocycles. The molecule has 2 heterocycles. The van der Waals surface area contributed by atoms with Crippen molar-refractivity contribution in [2.24, 2.45) is 0 Å². The fourth-order valence-electron chi connectivity index (χ4n) is 2.81. The molecule has 2 aromatic rings. The van der Waals surface area contributed by atoms with Gasteiger partial charge in [0, 0.05) is 25.5 Å². The van der Waals surface area contributed by atoms with Crippen molar-refractivity contribution < 1.29 is 14.3 Å². The van der Waals surface area contributed by atoms with Gasteiger partial charge in [-0.2, -0.15) is 0 Å². The number of nitrogens with one attached hydrogen (secondary N) is 2. The minimum Gasteiger partial charge on any atom is -0.495 e. The molecule has 1 unspecified atom stereocenters. The first-order chi connectivity index (χ1) is 12.2. The van der Waals surface area contributed by atoms with E-state index in [4.69, 9.17) is 9.47 Å². The van der Waals surface area contributed by atoms with Crippen LogP contribution in [0.1, 0.15) is 28.8 Å². The molecule has 0 spiro atoms. The summed E-state index contributed by atoms with van der Waals surface area (Å²) in [4.78, 5) is 16.7. The molecule has 0 radical (unpaired) electrons. The highest BCUT2D eigenvalue weighted by Gasteiger charge is 2.15. The van der Waals surface area contributed by atoms with Gasteiger partial charge in [0.15, 0.2) is 0 Å². The molecule has 1 saturated heterocycles. The number of ether oxygens (including phenoxy) is 2. The summed E-state index contributed by atoms with van der Waals surface area (Å²) < 4.78 is 10.9. The highest BCUT2D eigenvalue weighted by molar-refractivity contribution is 6.05. The van der Waals surface area contributed by atoms with Crippen molar-refractivity contribution in [2.45, 2.75) is 25.9 Å². The number of hydrogen-bond acceptors (Lipinski definition) is 5. The van der Waals surface area contributed by atoms with E-state index in [1.165, 1.54) is 0 Å². The summed E-state index contributed by atoms with van der Waals surface area (Å²) in [6, 6.07) is 7.44. The molecule has 1 aromatic heterocycles. The predicted octanol–water partition coefficient (Wildman–Crippen LogP) is 3.24. The third-order valence-corrected chi connectivity index (χ3v) is 4.16. The lowest BCUT2D eigenvalue weighted by atomic mass is 10.2. The molecule has 0 saturated carbocycles. The Hall–Kier alpha value is -2.60. The zero-order valence-electron chi connectivity index (χ0n) is 14.5. The Morgan fingerprint density at radius 1 is 1.36 bits per heavy atom. The van der Waals surface area contributed by atoms with Crippen LogP contribution in [0.25, 0.3) is 0 Å². The maximum atomic E-state index is 12.5. The van der Waals surface area contributed by atoms with Gasteiger partial charge < -0.3 is 20.1 Å². The van der Waals surface area contributed by atoms with E-state index in [0.717, 1.165) is 37.2 Å². The van der Waals surface area contributed by atoms with Crippen molar-refractivity contribution >= 4 is 17.3 Å².